The maximum Gasteiger partial charge on any atom is 0.300 e. The molecule has 1 aromatic rings. The van der Waals surface area contributed by atoms with E-state index in [9.17, 15) is 13.5 Å². The molecule has 0 saturated carbocycles. The zero-order chi connectivity index (χ0) is 17.1. The Morgan fingerprint density at radius 2 is 1.61 bits per heavy atom. The third kappa shape index (κ3) is 7.36. The smallest absolute Gasteiger partial charge is 0.300 e. The molecule has 0 aromatic heterocycles. The second-order valence-electron chi connectivity index (χ2n) is 5.95. The van der Waals surface area contributed by atoms with Crippen LogP contribution < -0.4 is 0 Å². The Labute approximate surface area is 141 Å². The number of phenolic OH excluding ortho intramolecular Hbond substituents is 1. The topological polar surface area (TPSA) is 63.6 Å². The fourth-order valence-corrected chi connectivity index (χ4v) is 3.59. The molecule has 1 rings (SSSR count). The van der Waals surface area contributed by atoms with Crippen LogP contribution in [0.2, 0.25) is 0 Å². The van der Waals surface area contributed by atoms with E-state index in [0.717, 1.165) is 24.8 Å². The lowest BCUT2D eigenvalue weighted by molar-refractivity contribution is 0.315. The minimum atomic E-state index is -3.87. The van der Waals surface area contributed by atoms with Crippen molar-refractivity contribution in [2.75, 3.05) is 6.61 Å². The van der Waals surface area contributed by atoms with Gasteiger partial charge in [-0.25, -0.2) is 0 Å². The van der Waals surface area contributed by atoms with Gasteiger partial charge in [0, 0.05) is 0 Å². The molecule has 0 aliphatic heterocycles. The highest BCUT2D eigenvalue weighted by Gasteiger charge is 2.19. The van der Waals surface area contributed by atoms with E-state index in [1.807, 2.05) is 6.92 Å². The lowest BCUT2D eigenvalue weighted by Gasteiger charge is -2.09. The van der Waals surface area contributed by atoms with Crippen molar-refractivity contribution in [2.24, 2.45) is 0 Å². The molecule has 23 heavy (non-hydrogen) atoms. The lowest BCUT2D eigenvalue weighted by Crippen LogP contribution is -2.08. The van der Waals surface area contributed by atoms with Crippen molar-refractivity contribution in [1.82, 2.24) is 0 Å². The number of rotatable bonds is 12. The van der Waals surface area contributed by atoms with E-state index in [1.165, 1.54) is 44.2 Å². The lowest BCUT2D eigenvalue weighted by atomic mass is 10.0. The number of benzene rings is 1. The van der Waals surface area contributed by atoms with Crippen LogP contribution in [0.1, 0.15) is 70.8 Å². The van der Waals surface area contributed by atoms with Crippen molar-refractivity contribution in [1.29, 1.82) is 0 Å². The summed E-state index contributed by atoms with van der Waals surface area (Å²) in [6.07, 6.45) is 9.97. The molecule has 0 atom stereocenters. The van der Waals surface area contributed by atoms with Gasteiger partial charge in [0.05, 0.1) is 6.61 Å². The second kappa shape index (κ2) is 10.7. The van der Waals surface area contributed by atoms with Gasteiger partial charge in [0.1, 0.15) is 10.6 Å². The molecule has 0 amide bonds. The first-order valence-corrected chi connectivity index (χ1v) is 10.1. The highest BCUT2D eigenvalue weighted by atomic mass is 32.2. The van der Waals surface area contributed by atoms with Crippen LogP contribution in [0.4, 0.5) is 0 Å². The highest BCUT2D eigenvalue weighted by molar-refractivity contribution is 7.86. The zero-order valence-electron chi connectivity index (χ0n) is 14.4. The van der Waals surface area contributed by atoms with Crippen LogP contribution in [0.25, 0.3) is 0 Å². The normalized spacial score (nSPS) is 11.7. The molecular formula is C18H30O4S. The quantitative estimate of drug-likeness (QED) is 0.438. The molecule has 0 spiro atoms. The van der Waals surface area contributed by atoms with Crippen molar-refractivity contribution in [3.05, 3.63) is 23.8 Å². The largest absolute Gasteiger partial charge is 0.506 e. The Kier molecular flexibility index (Phi) is 9.26. The summed E-state index contributed by atoms with van der Waals surface area (Å²) in [7, 11) is -3.87. The molecule has 132 valence electrons. The van der Waals surface area contributed by atoms with E-state index in [0.29, 0.717) is 6.42 Å². The van der Waals surface area contributed by atoms with Crippen LogP contribution >= 0.6 is 0 Å². The van der Waals surface area contributed by atoms with Gasteiger partial charge in [-0.05, 0) is 37.0 Å². The van der Waals surface area contributed by atoms with Gasteiger partial charge in [0.25, 0.3) is 0 Å². The fourth-order valence-electron chi connectivity index (χ4n) is 2.46. The molecule has 0 aliphatic carbocycles. The first-order chi connectivity index (χ1) is 11.0. The summed E-state index contributed by atoms with van der Waals surface area (Å²) in [5, 5.41) is 9.80. The van der Waals surface area contributed by atoms with Gasteiger partial charge >= 0.3 is 10.1 Å². The van der Waals surface area contributed by atoms with Crippen molar-refractivity contribution in [2.45, 2.75) is 76.5 Å². The molecule has 1 aromatic carbocycles. The summed E-state index contributed by atoms with van der Waals surface area (Å²) in [6, 6.07) is 4.77. The molecule has 5 heteroatoms. The van der Waals surface area contributed by atoms with Crippen LogP contribution in [0.3, 0.4) is 0 Å². The summed E-state index contributed by atoms with van der Waals surface area (Å²) in [5.74, 6) is -0.246. The maximum atomic E-state index is 12.1. The molecule has 0 saturated heterocycles. The molecule has 0 bridgehead atoms. The van der Waals surface area contributed by atoms with Crippen molar-refractivity contribution in [3.63, 3.8) is 0 Å². The number of hydrogen-bond donors (Lipinski definition) is 1. The Bertz CT molecular complexity index is 552. The van der Waals surface area contributed by atoms with Crippen molar-refractivity contribution < 1.29 is 17.7 Å². The standard InChI is InChI=1S/C18H30O4S/c1-3-5-6-7-8-9-10-11-16-12-13-17(19)18(15-16)23(20,21)22-14-4-2/h12-13,15,19H,3-11,14H2,1-2H3. The summed E-state index contributed by atoms with van der Waals surface area (Å²) >= 11 is 0. The van der Waals surface area contributed by atoms with E-state index in [-0.39, 0.29) is 17.3 Å². The van der Waals surface area contributed by atoms with Crippen LogP contribution in [-0.4, -0.2) is 20.1 Å². The van der Waals surface area contributed by atoms with Gasteiger partial charge in [-0.1, -0.05) is 58.4 Å². The number of hydrogen-bond acceptors (Lipinski definition) is 4. The number of aryl methyl sites for hydroxylation is 1. The molecule has 0 heterocycles. The molecule has 0 radical (unpaired) electrons. The average molecular weight is 343 g/mol. The minimum Gasteiger partial charge on any atom is -0.506 e. The Morgan fingerprint density at radius 1 is 0.957 bits per heavy atom. The van der Waals surface area contributed by atoms with E-state index in [1.54, 1.807) is 6.07 Å². The summed E-state index contributed by atoms with van der Waals surface area (Å²) in [5.41, 5.74) is 0.926. The predicted molar refractivity (Wildman–Crippen MR) is 93.2 cm³/mol. The zero-order valence-corrected chi connectivity index (χ0v) is 15.2. The minimum absolute atomic E-state index is 0.119. The Morgan fingerprint density at radius 3 is 2.26 bits per heavy atom. The third-order valence-electron chi connectivity index (χ3n) is 3.81. The Hall–Kier alpha value is -1.07. The predicted octanol–water partition coefficient (Wildman–Crippen LogP) is 4.80. The van der Waals surface area contributed by atoms with Crippen molar-refractivity contribution >= 4 is 10.1 Å². The van der Waals surface area contributed by atoms with Gasteiger partial charge in [-0.3, -0.25) is 4.18 Å². The molecular weight excluding hydrogens is 312 g/mol. The van der Waals surface area contributed by atoms with E-state index < -0.39 is 10.1 Å². The SMILES string of the molecule is CCCCCCCCCc1ccc(O)c(S(=O)(=O)OCCC)c1. The molecule has 0 fully saturated rings. The van der Waals surface area contributed by atoms with Gasteiger partial charge in [0.15, 0.2) is 0 Å². The second-order valence-corrected chi connectivity index (χ2v) is 7.53. The summed E-state index contributed by atoms with van der Waals surface area (Å²) < 4.78 is 29.0. The number of aromatic hydroxyl groups is 1. The third-order valence-corrected chi connectivity index (χ3v) is 5.15. The maximum absolute atomic E-state index is 12.1. The van der Waals surface area contributed by atoms with Gasteiger partial charge in [-0.2, -0.15) is 8.42 Å². The summed E-state index contributed by atoms with van der Waals surface area (Å²) in [6.45, 7) is 4.18. The first kappa shape index (κ1) is 20.0. The molecule has 0 unspecified atom stereocenters. The van der Waals surface area contributed by atoms with Crippen LogP contribution in [-0.2, 0) is 20.7 Å². The van der Waals surface area contributed by atoms with Crippen LogP contribution in [0.5, 0.6) is 5.75 Å². The van der Waals surface area contributed by atoms with Crippen molar-refractivity contribution in [3.8, 4) is 5.75 Å². The Balaban J connectivity index is 2.53. The van der Waals surface area contributed by atoms with E-state index in [2.05, 4.69) is 6.92 Å². The number of unbranched alkanes of at least 4 members (excludes halogenated alkanes) is 6. The summed E-state index contributed by atoms with van der Waals surface area (Å²) in [4.78, 5) is -0.119. The first-order valence-electron chi connectivity index (χ1n) is 8.72. The fraction of sp³-hybridized carbons (Fsp3) is 0.667. The van der Waals surface area contributed by atoms with E-state index >= 15 is 0 Å². The number of phenols is 1. The molecule has 1 N–H and O–H groups in total. The average Bonchev–Trinajstić information content (AvgIpc) is 2.53. The van der Waals surface area contributed by atoms with Gasteiger partial charge < -0.3 is 5.11 Å². The molecule has 0 aliphatic rings. The molecule has 4 nitrogen and oxygen atoms in total. The highest BCUT2D eigenvalue weighted by Crippen LogP contribution is 2.26. The van der Waals surface area contributed by atoms with Crippen LogP contribution in [0.15, 0.2) is 23.1 Å². The van der Waals surface area contributed by atoms with Gasteiger partial charge in [-0.15, -0.1) is 0 Å². The van der Waals surface area contributed by atoms with Crippen LogP contribution in [0, 0.1) is 0 Å². The van der Waals surface area contributed by atoms with E-state index in [4.69, 9.17) is 4.18 Å². The van der Waals surface area contributed by atoms with Gasteiger partial charge in [0.2, 0.25) is 0 Å². The monoisotopic (exact) mass is 342 g/mol.